The van der Waals surface area contributed by atoms with Crippen molar-refractivity contribution in [1.29, 1.82) is 0 Å². The molecule has 130 valence electrons. The van der Waals surface area contributed by atoms with Gasteiger partial charge in [-0.25, -0.2) is 8.42 Å². The van der Waals surface area contributed by atoms with Crippen LogP contribution in [0.25, 0.3) is 16.3 Å². The lowest BCUT2D eigenvalue weighted by molar-refractivity contribution is -0.134. The fourth-order valence-corrected chi connectivity index (χ4v) is 5.42. The van der Waals surface area contributed by atoms with Gasteiger partial charge in [0.05, 0.1) is 0 Å². The van der Waals surface area contributed by atoms with E-state index in [4.69, 9.17) is 0 Å². The van der Waals surface area contributed by atoms with Crippen molar-refractivity contribution in [2.45, 2.75) is 24.0 Å². The Labute approximate surface area is 148 Å². The van der Waals surface area contributed by atoms with E-state index in [0.29, 0.717) is 25.9 Å². The molecule has 1 saturated carbocycles. The zero-order chi connectivity index (χ0) is 17.7. The van der Waals surface area contributed by atoms with Crippen LogP contribution in [0.5, 0.6) is 0 Å². The highest BCUT2D eigenvalue weighted by atomic mass is 32.2. The number of hydrogen-bond acceptors (Lipinski definition) is 3. The number of rotatable bonds is 3. The fourth-order valence-electron chi connectivity index (χ4n) is 3.94. The van der Waals surface area contributed by atoms with E-state index in [2.05, 4.69) is 24.3 Å². The van der Waals surface area contributed by atoms with Crippen molar-refractivity contribution in [2.75, 3.05) is 19.3 Å². The van der Waals surface area contributed by atoms with E-state index in [-0.39, 0.29) is 5.91 Å². The van der Waals surface area contributed by atoms with Crippen LogP contribution in [0.2, 0.25) is 0 Å². The molecular formula is C20H21NO3S. The third-order valence-electron chi connectivity index (χ3n) is 5.60. The van der Waals surface area contributed by atoms with E-state index in [1.165, 1.54) is 6.26 Å². The van der Waals surface area contributed by atoms with Crippen molar-refractivity contribution in [3.63, 3.8) is 0 Å². The molecule has 5 heteroatoms. The highest BCUT2D eigenvalue weighted by Gasteiger charge is 2.54. The summed E-state index contributed by atoms with van der Waals surface area (Å²) in [4.78, 5) is 14.6. The lowest BCUT2D eigenvalue weighted by Crippen LogP contribution is -2.57. The Balaban J connectivity index is 1.62. The zero-order valence-corrected chi connectivity index (χ0v) is 15.1. The van der Waals surface area contributed by atoms with Gasteiger partial charge in [0.25, 0.3) is 0 Å². The van der Waals surface area contributed by atoms with Gasteiger partial charge in [-0.15, -0.1) is 0 Å². The van der Waals surface area contributed by atoms with Crippen LogP contribution < -0.4 is 0 Å². The van der Waals surface area contributed by atoms with E-state index < -0.39 is 14.6 Å². The smallest absolute Gasteiger partial charge is 0.244 e. The van der Waals surface area contributed by atoms with Crippen molar-refractivity contribution in [3.05, 3.63) is 54.1 Å². The summed E-state index contributed by atoms with van der Waals surface area (Å²) in [5, 5.41) is 2.32. The third-order valence-corrected chi connectivity index (χ3v) is 7.61. The Morgan fingerprint density at radius 3 is 2.48 bits per heavy atom. The first-order valence-corrected chi connectivity index (χ1v) is 10.5. The number of sulfone groups is 1. The summed E-state index contributed by atoms with van der Waals surface area (Å²) >= 11 is 0. The van der Waals surface area contributed by atoms with Gasteiger partial charge in [-0.2, -0.15) is 0 Å². The van der Waals surface area contributed by atoms with Crippen molar-refractivity contribution in [2.24, 2.45) is 0 Å². The van der Waals surface area contributed by atoms with Gasteiger partial charge in [0.2, 0.25) is 5.91 Å². The van der Waals surface area contributed by atoms with E-state index in [9.17, 15) is 13.2 Å². The van der Waals surface area contributed by atoms with Crippen LogP contribution in [0.4, 0.5) is 0 Å². The molecule has 0 bridgehead atoms. The second-order valence-corrected chi connectivity index (χ2v) is 9.39. The van der Waals surface area contributed by atoms with Gasteiger partial charge in [-0.05, 0) is 41.2 Å². The van der Waals surface area contributed by atoms with Crippen LogP contribution >= 0.6 is 0 Å². The fraction of sp³-hybridized carbons (Fsp3) is 0.350. The first-order valence-electron chi connectivity index (χ1n) is 8.58. The number of carbonyl (C=O) groups excluding carboxylic acids is 1. The highest BCUT2D eigenvalue weighted by molar-refractivity contribution is 7.93. The number of amides is 1. The molecule has 1 heterocycles. The van der Waals surface area contributed by atoms with E-state index in [1.54, 1.807) is 4.90 Å². The number of benzene rings is 2. The molecule has 0 spiro atoms. The highest BCUT2D eigenvalue weighted by Crippen LogP contribution is 2.41. The predicted molar refractivity (Wildman–Crippen MR) is 99.9 cm³/mol. The molecule has 0 aromatic heterocycles. The van der Waals surface area contributed by atoms with Crippen molar-refractivity contribution in [1.82, 2.24) is 4.90 Å². The first-order chi connectivity index (χ1) is 11.9. The number of hydrogen-bond donors (Lipinski definition) is 0. The second kappa shape index (κ2) is 5.70. The Bertz CT molecular complexity index is 982. The van der Waals surface area contributed by atoms with Crippen LogP contribution in [0.15, 0.2) is 48.5 Å². The van der Waals surface area contributed by atoms with Crippen molar-refractivity contribution >= 4 is 32.1 Å². The molecule has 0 N–H and O–H groups in total. The minimum Gasteiger partial charge on any atom is -0.333 e. The molecule has 1 aliphatic carbocycles. The molecule has 1 aliphatic heterocycles. The van der Waals surface area contributed by atoms with Gasteiger partial charge in [0.15, 0.2) is 14.6 Å². The minimum absolute atomic E-state index is 0.229. The van der Waals surface area contributed by atoms with Crippen LogP contribution in [-0.2, 0) is 14.6 Å². The molecule has 25 heavy (non-hydrogen) atoms. The predicted octanol–water partition coefficient (Wildman–Crippen LogP) is 3.03. The van der Waals surface area contributed by atoms with Gasteiger partial charge >= 0.3 is 0 Å². The van der Waals surface area contributed by atoms with Crippen LogP contribution in [0.1, 0.15) is 24.8 Å². The van der Waals surface area contributed by atoms with Crippen LogP contribution in [0, 0.1) is 0 Å². The largest absolute Gasteiger partial charge is 0.333 e. The summed E-state index contributed by atoms with van der Waals surface area (Å²) in [7, 11) is -3.40. The summed E-state index contributed by atoms with van der Waals surface area (Å²) < 4.78 is 23.2. The third kappa shape index (κ3) is 2.49. The van der Waals surface area contributed by atoms with Crippen LogP contribution in [-0.4, -0.2) is 43.3 Å². The maximum absolute atomic E-state index is 13.0. The maximum atomic E-state index is 13.0. The average Bonchev–Trinajstić information content (AvgIpc) is 3.01. The lowest BCUT2D eigenvalue weighted by Gasteiger charge is -2.40. The summed E-state index contributed by atoms with van der Waals surface area (Å²) in [6, 6.07) is 14.3. The Morgan fingerprint density at radius 1 is 1.08 bits per heavy atom. The van der Waals surface area contributed by atoms with E-state index in [0.717, 1.165) is 28.3 Å². The second-order valence-electron chi connectivity index (χ2n) is 7.06. The monoisotopic (exact) mass is 355 g/mol. The molecule has 0 saturated heterocycles. The summed E-state index contributed by atoms with van der Waals surface area (Å²) in [6.45, 7) is 0.957. The molecule has 2 aromatic rings. The maximum Gasteiger partial charge on any atom is 0.244 e. The Morgan fingerprint density at radius 2 is 1.80 bits per heavy atom. The van der Waals surface area contributed by atoms with Gasteiger partial charge in [0.1, 0.15) is 0 Å². The molecule has 4 nitrogen and oxygen atoms in total. The molecule has 4 rings (SSSR count). The quantitative estimate of drug-likeness (QED) is 0.850. The van der Waals surface area contributed by atoms with E-state index in [1.807, 2.05) is 24.3 Å². The molecular weight excluding hydrogens is 334 g/mol. The Kier molecular flexibility index (Phi) is 3.72. The topological polar surface area (TPSA) is 54.5 Å². The Hall–Kier alpha value is -2.14. The van der Waals surface area contributed by atoms with Crippen molar-refractivity contribution < 1.29 is 13.2 Å². The van der Waals surface area contributed by atoms with E-state index >= 15 is 0 Å². The molecule has 0 radical (unpaired) electrons. The zero-order valence-electron chi connectivity index (χ0n) is 14.2. The minimum atomic E-state index is -3.40. The van der Waals surface area contributed by atoms with Gasteiger partial charge in [0, 0.05) is 19.3 Å². The number of carbonyl (C=O) groups is 1. The van der Waals surface area contributed by atoms with Gasteiger partial charge in [-0.3, -0.25) is 4.79 Å². The molecule has 1 amide bonds. The van der Waals surface area contributed by atoms with Gasteiger partial charge < -0.3 is 4.90 Å². The summed E-state index contributed by atoms with van der Waals surface area (Å²) in [5.41, 5.74) is 2.21. The SMILES string of the molecule is CS(=O)(=O)C1(C(=O)N2CC=C(c3cccc4ccccc34)C2)CCC1. The molecule has 0 atom stereocenters. The van der Waals surface area contributed by atoms with Crippen molar-refractivity contribution in [3.8, 4) is 0 Å². The first kappa shape index (κ1) is 16.3. The number of fused-ring (bicyclic) bond motifs is 1. The number of nitrogens with zero attached hydrogens (tertiary/aromatic N) is 1. The molecule has 1 fully saturated rings. The van der Waals surface area contributed by atoms with Gasteiger partial charge in [-0.1, -0.05) is 48.5 Å². The summed E-state index contributed by atoms with van der Waals surface area (Å²) in [6.07, 6.45) is 4.94. The summed E-state index contributed by atoms with van der Waals surface area (Å²) in [5.74, 6) is -0.229. The average molecular weight is 355 g/mol. The standard InChI is InChI=1S/C20H21NO3S/c1-25(23,24)20(11-5-12-20)19(22)21-13-10-16(14-21)18-9-4-7-15-6-2-3-8-17(15)18/h2-4,6-10H,5,11-14H2,1H3. The molecule has 0 unspecified atom stereocenters. The normalized spacial score (nSPS) is 19.6. The lowest BCUT2D eigenvalue weighted by atomic mass is 9.83. The molecule has 2 aliphatic rings. The molecule has 2 aromatic carbocycles. The van der Waals surface area contributed by atoms with Crippen LogP contribution in [0.3, 0.4) is 0 Å².